The minimum absolute atomic E-state index is 0.0416. The highest BCUT2D eigenvalue weighted by atomic mass is 16.5. The predicted octanol–water partition coefficient (Wildman–Crippen LogP) is 5.26. The smallest absolute Gasteiger partial charge is 0.408 e. The SMILES string of the molecule is O=C(NC(C(=O)O)[C@H](O)c1ccc(OCc2ccccc2)c(OCc2ccccc2)c1)OCc1ccccc1. The van der Waals surface area contributed by atoms with Crippen LogP contribution in [-0.4, -0.2) is 28.3 Å². The van der Waals surface area contributed by atoms with Crippen LogP contribution < -0.4 is 14.8 Å². The number of rotatable bonds is 12. The zero-order valence-electron chi connectivity index (χ0n) is 21.1. The second-order valence-electron chi connectivity index (χ2n) is 8.72. The molecule has 2 atom stereocenters. The largest absolute Gasteiger partial charge is 0.485 e. The lowest BCUT2D eigenvalue weighted by Crippen LogP contribution is -2.45. The van der Waals surface area contributed by atoms with E-state index in [2.05, 4.69) is 5.32 Å². The summed E-state index contributed by atoms with van der Waals surface area (Å²) in [6, 6.07) is 31.1. The number of carboxylic acid groups (broad SMARTS) is 1. The molecule has 200 valence electrons. The first kappa shape index (κ1) is 27.2. The summed E-state index contributed by atoms with van der Waals surface area (Å²) in [5.74, 6) is -0.676. The molecular formula is C31H29NO7. The number of ether oxygens (including phenoxy) is 3. The Morgan fingerprint density at radius 1 is 0.667 bits per heavy atom. The summed E-state index contributed by atoms with van der Waals surface area (Å²) in [6.07, 6.45) is -2.55. The summed E-state index contributed by atoms with van der Waals surface area (Å²) in [6.45, 7) is 0.478. The minimum Gasteiger partial charge on any atom is -0.485 e. The fourth-order valence-electron chi connectivity index (χ4n) is 3.77. The van der Waals surface area contributed by atoms with Gasteiger partial charge in [0.05, 0.1) is 0 Å². The second kappa shape index (κ2) is 13.6. The molecule has 0 aromatic heterocycles. The normalized spacial score (nSPS) is 12.1. The van der Waals surface area contributed by atoms with Gasteiger partial charge in [-0.3, -0.25) is 0 Å². The Hall–Kier alpha value is -4.82. The van der Waals surface area contributed by atoms with Crippen molar-refractivity contribution >= 4 is 12.1 Å². The molecule has 3 N–H and O–H groups in total. The molecule has 0 heterocycles. The van der Waals surface area contributed by atoms with Gasteiger partial charge in [-0.25, -0.2) is 9.59 Å². The third-order valence-corrected chi connectivity index (χ3v) is 5.85. The van der Waals surface area contributed by atoms with E-state index in [0.29, 0.717) is 11.5 Å². The number of hydrogen-bond donors (Lipinski definition) is 3. The molecule has 8 nitrogen and oxygen atoms in total. The molecule has 1 amide bonds. The Labute approximate surface area is 226 Å². The maximum atomic E-state index is 12.3. The van der Waals surface area contributed by atoms with Crippen molar-refractivity contribution in [3.8, 4) is 11.5 Å². The van der Waals surface area contributed by atoms with Crippen LogP contribution in [0, 0.1) is 0 Å². The zero-order valence-corrected chi connectivity index (χ0v) is 21.1. The molecular weight excluding hydrogens is 498 g/mol. The highest BCUT2D eigenvalue weighted by Crippen LogP contribution is 2.33. The van der Waals surface area contributed by atoms with E-state index in [1.54, 1.807) is 30.3 Å². The van der Waals surface area contributed by atoms with Crippen LogP contribution in [0.5, 0.6) is 11.5 Å². The maximum absolute atomic E-state index is 12.3. The van der Waals surface area contributed by atoms with Crippen molar-refractivity contribution in [2.24, 2.45) is 0 Å². The molecule has 39 heavy (non-hydrogen) atoms. The lowest BCUT2D eigenvalue weighted by Gasteiger charge is -2.22. The number of aliphatic carboxylic acids is 1. The van der Waals surface area contributed by atoms with E-state index in [1.807, 2.05) is 66.7 Å². The van der Waals surface area contributed by atoms with Gasteiger partial charge in [0, 0.05) is 0 Å². The van der Waals surface area contributed by atoms with E-state index >= 15 is 0 Å². The number of carbonyl (C=O) groups excluding carboxylic acids is 1. The van der Waals surface area contributed by atoms with E-state index in [4.69, 9.17) is 14.2 Å². The highest BCUT2D eigenvalue weighted by Gasteiger charge is 2.31. The predicted molar refractivity (Wildman–Crippen MR) is 144 cm³/mol. The summed E-state index contributed by atoms with van der Waals surface area (Å²) < 4.78 is 17.1. The zero-order chi connectivity index (χ0) is 27.5. The Bertz CT molecular complexity index is 1350. The van der Waals surface area contributed by atoms with Crippen LogP contribution >= 0.6 is 0 Å². The number of carboxylic acids is 1. The molecule has 8 heteroatoms. The van der Waals surface area contributed by atoms with E-state index in [-0.39, 0.29) is 25.4 Å². The van der Waals surface area contributed by atoms with Crippen molar-refractivity contribution in [1.82, 2.24) is 5.32 Å². The second-order valence-corrected chi connectivity index (χ2v) is 8.72. The Morgan fingerprint density at radius 3 is 1.67 bits per heavy atom. The fraction of sp³-hybridized carbons (Fsp3) is 0.161. The van der Waals surface area contributed by atoms with Crippen LogP contribution in [0.4, 0.5) is 4.79 Å². The monoisotopic (exact) mass is 527 g/mol. The van der Waals surface area contributed by atoms with Gasteiger partial charge in [0.25, 0.3) is 0 Å². The summed E-state index contributed by atoms with van der Waals surface area (Å²) in [5, 5.41) is 22.9. The van der Waals surface area contributed by atoms with Gasteiger partial charge in [-0.05, 0) is 34.4 Å². The molecule has 0 bridgehead atoms. The first-order valence-electron chi connectivity index (χ1n) is 12.3. The van der Waals surface area contributed by atoms with E-state index in [9.17, 15) is 19.8 Å². The Kier molecular flexibility index (Phi) is 9.52. The molecule has 1 unspecified atom stereocenters. The number of aliphatic hydroxyl groups excluding tert-OH is 1. The average Bonchev–Trinajstić information content (AvgIpc) is 2.98. The number of nitrogens with one attached hydrogen (secondary N) is 1. The lowest BCUT2D eigenvalue weighted by atomic mass is 10.0. The Morgan fingerprint density at radius 2 is 1.15 bits per heavy atom. The van der Waals surface area contributed by atoms with Crippen molar-refractivity contribution < 1.29 is 34.0 Å². The van der Waals surface area contributed by atoms with Crippen LogP contribution in [-0.2, 0) is 29.4 Å². The average molecular weight is 528 g/mol. The van der Waals surface area contributed by atoms with Gasteiger partial charge in [-0.2, -0.15) is 0 Å². The van der Waals surface area contributed by atoms with E-state index in [1.165, 1.54) is 12.1 Å². The number of carbonyl (C=O) groups is 2. The van der Waals surface area contributed by atoms with Gasteiger partial charge >= 0.3 is 12.1 Å². The number of aliphatic hydroxyl groups is 1. The fourth-order valence-corrected chi connectivity index (χ4v) is 3.77. The first-order valence-corrected chi connectivity index (χ1v) is 12.3. The van der Waals surface area contributed by atoms with Gasteiger partial charge in [-0.15, -0.1) is 0 Å². The van der Waals surface area contributed by atoms with Crippen LogP contribution in [0.1, 0.15) is 28.4 Å². The van der Waals surface area contributed by atoms with Gasteiger partial charge in [0.2, 0.25) is 0 Å². The van der Waals surface area contributed by atoms with Crippen molar-refractivity contribution in [2.45, 2.75) is 32.0 Å². The van der Waals surface area contributed by atoms with Crippen molar-refractivity contribution in [1.29, 1.82) is 0 Å². The molecule has 0 spiro atoms. The third-order valence-electron chi connectivity index (χ3n) is 5.85. The standard InChI is InChI=1S/C31H29NO7/c33-29(28(30(34)35)32-31(36)39-21-24-14-8-3-9-15-24)25-16-17-26(37-19-22-10-4-1-5-11-22)27(18-25)38-20-23-12-6-2-7-13-23/h1-18,28-29,33H,19-21H2,(H,32,36)(H,34,35)/t28?,29-/m1/s1. The van der Waals surface area contributed by atoms with Gasteiger partial charge in [0.1, 0.15) is 25.9 Å². The van der Waals surface area contributed by atoms with Gasteiger partial charge in [-0.1, -0.05) is 97.1 Å². The summed E-state index contributed by atoms with van der Waals surface area (Å²) in [7, 11) is 0. The van der Waals surface area contributed by atoms with Crippen molar-refractivity contribution in [2.75, 3.05) is 0 Å². The number of alkyl carbamates (subject to hydrolysis) is 1. The molecule has 0 aliphatic carbocycles. The minimum atomic E-state index is -1.66. The van der Waals surface area contributed by atoms with E-state index < -0.39 is 24.2 Å². The summed E-state index contributed by atoms with van der Waals surface area (Å²) in [5.41, 5.74) is 2.84. The first-order chi connectivity index (χ1) is 19.0. The number of benzene rings is 4. The molecule has 4 aromatic carbocycles. The highest BCUT2D eigenvalue weighted by molar-refractivity contribution is 5.80. The quantitative estimate of drug-likeness (QED) is 0.230. The molecule has 0 saturated carbocycles. The molecule has 4 rings (SSSR count). The topological polar surface area (TPSA) is 114 Å². The third kappa shape index (κ3) is 8.08. The molecule has 0 aliphatic rings. The molecule has 4 aromatic rings. The number of hydrogen-bond acceptors (Lipinski definition) is 6. The van der Waals surface area contributed by atoms with Gasteiger partial charge < -0.3 is 29.7 Å². The van der Waals surface area contributed by atoms with Crippen LogP contribution in [0.2, 0.25) is 0 Å². The Balaban J connectivity index is 1.49. The summed E-state index contributed by atoms with van der Waals surface area (Å²) >= 11 is 0. The number of amides is 1. The lowest BCUT2D eigenvalue weighted by molar-refractivity contribution is -0.142. The molecule has 0 radical (unpaired) electrons. The van der Waals surface area contributed by atoms with Crippen LogP contribution in [0.15, 0.2) is 109 Å². The van der Waals surface area contributed by atoms with Crippen molar-refractivity contribution in [3.63, 3.8) is 0 Å². The van der Waals surface area contributed by atoms with Crippen LogP contribution in [0.25, 0.3) is 0 Å². The summed E-state index contributed by atoms with van der Waals surface area (Å²) in [4.78, 5) is 24.3. The van der Waals surface area contributed by atoms with Crippen LogP contribution in [0.3, 0.4) is 0 Å². The van der Waals surface area contributed by atoms with Gasteiger partial charge in [0.15, 0.2) is 17.5 Å². The van der Waals surface area contributed by atoms with E-state index in [0.717, 1.165) is 16.7 Å². The molecule has 0 saturated heterocycles. The van der Waals surface area contributed by atoms with Crippen molar-refractivity contribution in [3.05, 3.63) is 131 Å². The maximum Gasteiger partial charge on any atom is 0.408 e. The molecule has 0 fully saturated rings. The molecule has 0 aliphatic heterocycles.